The van der Waals surface area contributed by atoms with Crippen LogP contribution in [-0.2, 0) is 11.8 Å². The molecule has 0 aliphatic rings. The van der Waals surface area contributed by atoms with Crippen LogP contribution >= 0.6 is 8.58 Å². The van der Waals surface area contributed by atoms with Gasteiger partial charge in [-0.25, -0.2) is 0 Å². The summed E-state index contributed by atoms with van der Waals surface area (Å²) >= 11 is 0. The minimum absolute atomic E-state index is 0.0636. The first-order valence-corrected chi connectivity index (χ1v) is 13.7. The highest BCUT2D eigenvalue weighted by molar-refractivity contribution is 7.49. The van der Waals surface area contributed by atoms with Gasteiger partial charge in [-0.1, -0.05) is 107 Å². The smallest absolute Gasteiger partial charge is 0.123 e. The van der Waals surface area contributed by atoms with Gasteiger partial charge in [0.25, 0.3) is 0 Å². The zero-order valence-electron chi connectivity index (χ0n) is 22.0. The molecule has 0 aliphatic carbocycles. The Morgan fingerprint density at radius 1 is 0.861 bits per heavy atom. The molecular weight excluding hydrogens is 457 g/mol. The molecule has 0 amide bonds. The number of aliphatic imine (C=N–C) groups is 1. The summed E-state index contributed by atoms with van der Waals surface area (Å²) in [5.74, 6) is 0.978. The lowest BCUT2D eigenvalue weighted by molar-refractivity contribution is 0.299. The van der Waals surface area contributed by atoms with Crippen LogP contribution in [0.25, 0.3) is 0 Å². The van der Waals surface area contributed by atoms with Gasteiger partial charge in [-0.2, -0.15) is 0 Å². The lowest BCUT2D eigenvalue weighted by Gasteiger charge is -2.33. The standard InChI is InChI=1S/C33H36NOP/c1-6-33(5,30-22-24(2)20-21-31(30)35-23-27-15-9-7-10-16-27)36-32-25(3)14-13-19-29(32)26(4)34-28-17-11-8-12-18-28/h7-22,36H,6,23H2,1-5H3. The van der Waals surface area contributed by atoms with Gasteiger partial charge in [0.15, 0.2) is 0 Å². The first kappa shape index (κ1) is 25.9. The van der Waals surface area contributed by atoms with Crippen molar-refractivity contribution in [3.8, 4) is 5.75 Å². The lowest BCUT2D eigenvalue weighted by atomic mass is 9.94. The van der Waals surface area contributed by atoms with Gasteiger partial charge in [0.05, 0.1) is 5.69 Å². The van der Waals surface area contributed by atoms with Gasteiger partial charge in [0.2, 0.25) is 0 Å². The predicted molar refractivity (Wildman–Crippen MR) is 157 cm³/mol. The third-order valence-corrected chi connectivity index (χ3v) is 8.88. The van der Waals surface area contributed by atoms with Crippen molar-refractivity contribution in [3.05, 3.63) is 125 Å². The number of hydrogen-bond acceptors (Lipinski definition) is 2. The highest BCUT2D eigenvalue weighted by Crippen LogP contribution is 2.48. The Labute approximate surface area is 218 Å². The fourth-order valence-corrected chi connectivity index (χ4v) is 6.19. The normalized spacial score (nSPS) is 13.6. The van der Waals surface area contributed by atoms with Crippen molar-refractivity contribution in [3.63, 3.8) is 0 Å². The van der Waals surface area contributed by atoms with Crippen molar-refractivity contribution in [1.82, 2.24) is 0 Å². The molecule has 0 bridgehead atoms. The molecule has 4 aromatic rings. The predicted octanol–water partition coefficient (Wildman–Crippen LogP) is 8.65. The van der Waals surface area contributed by atoms with E-state index in [-0.39, 0.29) is 5.16 Å². The summed E-state index contributed by atoms with van der Waals surface area (Å²) in [5, 5.41) is 1.32. The fourth-order valence-electron chi connectivity index (χ4n) is 4.45. The summed E-state index contributed by atoms with van der Waals surface area (Å²) < 4.78 is 6.43. The molecule has 3 heteroatoms. The topological polar surface area (TPSA) is 21.6 Å². The third-order valence-electron chi connectivity index (χ3n) is 6.79. The van der Waals surface area contributed by atoms with Crippen molar-refractivity contribution < 1.29 is 4.74 Å². The van der Waals surface area contributed by atoms with Gasteiger partial charge in [0.1, 0.15) is 12.4 Å². The largest absolute Gasteiger partial charge is 0.489 e. The number of para-hydroxylation sites is 1. The van der Waals surface area contributed by atoms with Crippen LogP contribution < -0.4 is 10.0 Å². The van der Waals surface area contributed by atoms with Gasteiger partial charge in [-0.3, -0.25) is 4.99 Å². The maximum absolute atomic E-state index is 6.43. The molecule has 0 fully saturated rings. The number of nitrogens with zero attached hydrogens (tertiary/aromatic N) is 1. The van der Waals surface area contributed by atoms with Crippen LogP contribution in [0.2, 0.25) is 0 Å². The van der Waals surface area contributed by atoms with Crippen molar-refractivity contribution in [1.29, 1.82) is 0 Å². The minimum Gasteiger partial charge on any atom is -0.489 e. The molecular formula is C33H36NOP. The maximum atomic E-state index is 6.43. The van der Waals surface area contributed by atoms with Gasteiger partial charge in [0, 0.05) is 22.0 Å². The number of ether oxygens (including phenoxy) is 1. The Balaban J connectivity index is 1.71. The average molecular weight is 494 g/mol. The molecule has 0 radical (unpaired) electrons. The van der Waals surface area contributed by atoms with Crippen molar-refractivity contribution >= 4 is 25.3 Å². The molecule has 0 saturated carbocycles. The fraction of sp³-hybridized carbons (Fsp3) is 0.242. The molecule has 2 atom stereocenters. The number of rotatable bonds is 9. The van der Waals surface area contributed by atoms with Crippen LogP contribution in [0.3, 0.4) is 0 Å². The third kappa shape index (κ3) is 6.12. The van der Waals surface area contributed by atoms with Crippen LogP contribution in [0.5, 0.6) is 5.75 Å². The summed E-state index contributed by atoms with van der Waals surface area (Å²) in [5.41, 5.74) is 8.30. The first-order chi connectivity index (χ1) is 17.4. The molecule has 4 aromatic carbocycles. The minimum atomic E-state index is -0.0636. The van der Waals surface area contributed by atoms with Gasteiger partial charge in [-0.05, 0) is 61.8 Å². The Morgan fingerprint density at radius 3 is 2.25 bits per heavy atom. The van der Waals surface area contributed by atoms with Crippen LogP contribution in [0.4, 0.5) is 5.69 Å². The first-order valence-electron chi connectivity index (χ1n) is 12.7. The molecule has 184 valence electrons. The van der Waals surface area contributed by atoms with Crippen LogP contribution in [0.1, 0.15) is 55.0 Å². The summed E-state index contributed by atoms with van der Waals surface area (Å²) in [4.78, 5) is 4.95. The number of aryl methyl sites for hydroxylation is 2. The lowest BCUT2D eigenvalue weighted by Crippen LogP contribution is -2.23. The van der Waals surface area contributed by atoms with Crippen molar-refractivity contribution in [2.24, 2.45) is 4.99 Å². The number of benzene rings is 4. The molecule has 36 heavy (non-hydrogen) atoms. The van der Waals surface area contributed by atoms with Crippen molar-refractivity contribution in [2.75, 3.05) is 0 Å². The molecule has 2 unspecified atom stereocenters. The van der Waals surface area contributed by atoms with Gasteiger partial charge < -0.3 is 4.74 Å². The number of hydrogen-bond donors (Lipinski definition) is 0. The van der Waals surface area contributed by atoms with Crippen molar-refractivity contribution in [2.45, 2.75) is 52.8 Å². The molecule has 0 spiro atoms. The molecule has 0 heterocycles. The molecule has 0 aliphatic heterocycles. The zero-order valence-corrected chi connectivity index (χ0v) is 23.0. The van der Waals surface area contributed by atoms with Crippen LogP contribution in [0.15, 0.2) is 102 Å². The highest BCUT2D eigenvalue weighted by Gasteiger charge is 2.30. The zero-order chi connectivity index (χ0) is 25.5. The van der Waals surface area contributed by atoms with E-state index in [1.807, 2.05) is 24.3 Å². The van der Waals surface area contributed by atoms with E-state index >= 15 is 0 Å². The molecule has 0 N–H and O–H groups in total. The Morgan fingerprint density at radius 2 is 1.56 bits per heavy atom. The van der Waals surface area contributed by atoms with E-state index in [2.05, 4.69) is 107 Å². The van der Waals surface area contributed by atoms with E-state index < -0.39 is 0 Å². The second-order valence-electron chi connectivity index (χ2n) is 9.61. The van der Waals surface area contributed by atoms with E-state index in [0.717, 1.165) is 23.6 Å². The second kappa shape index (κ2) is 11.7. The maximum Gasteiger partial charge on any atom is 0.123 e. The summed E-state index contributed by atoms with van der Waals surface area (Å²) in [6, 6.07) is 33.8. The molecule has 0 aromatic heterocycles. The quantitative estimate of drug-likeness (QED) is 0.169. The van der Waals surface area contributed by atoms with E-state index in [1.165, 1.54) is 33.1 Å². The average Bonchev–Trinajstić information content (AvgIpc) is 2.90. The SMILES string of the molecule is CCC(C)(Pc1c(C)cccc1C(C)=Nc1ccccc1)c1cc(C)ccc1OCc1ccccc1. The Kier molecular flexibility index (Phi) is 8.39. The van der Waals surface area contributed by atoms with E-state index in [9.17, 15) is 0 Å². The van der Waals surface area contributed by atoms with Gasteiger partial charge in [-0.15, -0.1) is 0 Å². The van der Waals surface area contributed by atoms with E-state index in [1.54, 1.807) is 0 Å². The molecule has 0 saturated heterocycles. The van der Waals surface area contributed by atoms with E-state index in [0.29, 0.717) is 15.2 Å². The summed E-state index contributed by atoms with van der Waals surface area (Å²) in [6.07, 6.45) is 1.01. The summed E-state index contributed by atoms with van der Waals surface area (Å²) in [6.45, 7) is 11.8. The Bertz CT molecular complexity index is 1330. The monoisotopic (exact) mass is 493 g/mol. The molecule has 4 rings (SSSR count). The molecule has 2 nitrogen and oxygen atoms in total. The van der Waals surface area contributed by atoms with Crippen LogP contribution in [0, 0.1) is 13.8 Å². The highest BCUT2D eigenvalue weighted by atomic mass is 31.1. The van der Waals surface area contributed by atoms with Gasteiger partial charge >= 0.3 is 0 Å². The Hall–Kier alpha value is -3.22. The second-order valence-corrected chi connectivity index (χ2v) is 11.5. The van der Waals surface area contributed by atoms with E-state index in [4.69, 9.17) is 9.73 Å². The van der Waals surface area contributed by atoms with Crippen LogP contribution in [-0.4, -0.2) is 5.71 Å². The summed E-state index contributed by atoms with van der Waals surface area (Å²) in [7, 11) is 0.580.